The second-order valence-electron chi connectivity index (χ2n) is 7.01. The first kappa shape index (κ1) is 16.9. The zero-order chi connectivity index (χ0) is 18.4. The Balaban J connectivity index is 1.57. The predicted octanol–water partition coefficient (Wildman–Crippen LogP) is -0.475. The molecule has 1 aromatic carbocycles. The van der Waals surface area contributed by atoms with Gasteiger partial charge >= 0.3 is 0 Å². The van der Waals surface area contributed by atoms with Gasteiger partial charge in [-0.2, -0.15) is 0 Å². The van der Waals surface area contributed by atoms with Crippen molar-refractivity contribution in [3.8, 4) is 0 Å². The summed E-state index contributed by atoms with van der Waals surface area (Å²) in [6.45, 7) is 1.10. The molecule has 1 saturated heterocycles. The Kier molecular flexibility index (Phi) is 4.08. The van der Waals surface area contributed by atoms with Gasteiger partial charge in [0.05, 0.1) is 11.1 Å². The second kappa shape index (κ2) is 6.30. The molecule has 0 bridgehead atoms. The molecular weight excluding hydrogens is 336 g/mol. The summed E-state index contributed by atoms with van der Waals surface area (Å²) >= 11 is 0. The fraction of sp³-hybridized carbons (Fsp3) is 0.444. The number of carbonyl (C=O) groups is 4. The third kappa shape index (κ3) is 2.71. The molecular formula is C18H20N4O4. The van der Waals surface area contributed by atoms with Gasteiger partial charge in [-0.15, -0.1) is 0 Å². The van der Waals surface area contributed by atoms with Gasteiger partial charge in [-0.05, 0) is 36.9 Å². The normalized spacial score (nSPS) is 27.6. The molecule has 1 saturated carbocycles. The lowest BCUT2D eigenvalue weighted by atomic mass is 10.0. The zero-order valence-electron chi connectivity index (χ0n) is 14.2. The van der Waals surface area contributed by atoms with Gasteiger partial charge < -0.3 is 11.1 Å². The lowest BCUT2D eigenvalue weighted by Crippen LogP contribution is -2.54. The Hall–Kier alpha value is -2.58. The third-order valence-electron chi connectivity index (χ3n) is 5.33. The largest absolute Gasteiger partial charge is 0.330 e. The summed E-state index contributed by atoms with van der Waals surface area (Å²) < 4.78 is 0. The summed E-state index contributed by atoms with van der Waals surface area (Å²) in [6.07, 6.45) is 1.28. The number of imide groups is 2. The van der Waals surface area contributed by atoms with Gasteiger partial charge in [-0.25, -0.2) is 0 Å². The van der Waals surface area contributed by atoms with Crippen molar-refractivity contribution in [2.75, 3.05) is 6.54 Å². The molecule has 0 spiro atoms. The molecule has 26 heavy (non-hydrogen) atoms. The van der Waals surface area contributed by atoms with Crippen LogP contribution in [0.3, 0.4) is 0 Å². The average molecular weight is 356 g/mol. The van der Waals surface area contributed by atoms with Gasteiger partial charge in [-0.3, -0.25) is 29.4 Å². The summed E-state index contributed by atoms with van der Waals surface area (Å²) in [5.74, 6) is -1.47. The van der Waals surface area contributed by atoms with Crippen molar-refractivity contribution in [3.05, 3.63) is 34.9 Å². The van der Waals surface area contributed by atoms with E-state index in [-0.39, 0.29) is 18.7 Å². The van der Waals surface area contributed by atoms with E-state index in [1.807, 2.05) is 6.07 Å². The average Bonchev–Trinajstić information content (AvgIpc) is 3.34. The van der Waals surface area contributed by atoms with Crippen molar-refractivity contribution in [3.63, 3.8) is 0 Å². The van der Waals surface area contributed by atoms with Crippen LogP contribution in [0.2, 0.25) is 0 Å². The van der Waals surface area contributed by atoms with Crippen LogP contribution in [0, 0.1) is 5.92 Å². The topological polar surface area (TPSA) is 122 Å². The van der Waals surface area contributed by atoms with E-state index >= 15 is 0 Å². The predicted molar refractivity (Wildman–Crippen MR) is 90.9 cm³/mol. The highest BCUT2D eigenvalue weighted by molar-refractivity contribution is 6.24. The number of amides is 4. The Morgan fingerprint density at radius 2 is 2.00 bits per heavy atom. The summed E-state index contributed by atoms with van der Waals surface area (Å²) in [5, 5.41) is 5.56. The molecule has 3 unspecified atom stereocenters. The number of rotatable bonds is 5. The van der Waals surface area contributed by atoms with Crippen LogP contribution in [0.15, 0.2) is 18.2 Å². The molecule has 4 N–H and O–H groups in total. The Morgan fingerprint density at radius 1 is 1.19 bits per heavy atom. The molecule has 2 aliphatic heterocycles. The number of nitrogens with zero attached hydrogens (tertiary/aromatic N) is 1. The van der Waals surface area contributed by atoms with Crippen molar-refractivity contribution in [2.45, 2.75) is 37.9 Å². The third-order valence-corrected chi connectivity index (χ3v) is 5.33. The fourth-order valence-electron chi connectivity index (χ4n) is 3.73. The van der Waals surface area contributed by atoms with Crippen molar-refractivity contribution in [1.82, 2.24) is 15.5 Å². The summed E-state index contributed by atoms with van der Waals surface area (Å²) in [5.41, 5.74) is 7.03. The molecule has 4 rings (SSSR count). The number of benzene rings is 1. The Morgan fingerprint density at radius 3 is 2.69 bits per heavy atom. The van der Waals surface area contributed by atoms with Crippen molar-refractivity contribution in [1.29, 1.82) is 0 Å². The summed E-state index contributed by atoms with van der Waals surface area (Å²) in [7, 11) is 0. The first-order chi connectivity index (χ1) is 12.5. The first-order valence-electron chi connectivity index (χ1n) is 8.78. The maximum absolute atomic E-state index is 12.9. The van der Waals surface area contributed by atoms with Crippen LogP contribution in [0.25, 0.3) is 0 Å². The van der Waals surface area contributed by atoms with Crippen molar-refractivity contribution < 1.29 is 19.2 Å². The van der Waals surface area contributed by atoms with E-state index in [0.717, 1.165) is 16.9 Å². The molecule has 8 nitrogen and oxygen atoms in total. The van der Waals surface area contributed by atoms with Crippen LogP contribution in [0.4, 0.5) is 0 Å². The molecule has 136 valence electrons. The van der Waals surface area contributed by atoms with Crippen LogP contribution >= 0.6 is 0 Å². The first-order valence-corrected chi connectivity index (χ1v) is 8.78. The maximum Gasteiger partial charge on any atom is 0.262 e. The van der Waals surface area contributed by atoms with Gasteiger partial charge in [0.25, 0.3) is 11.8 Å². The number of carbonyl (C=O) groups excluding carboxylic acids is 4. The van der Waals surface area contributed by atoms with E-state index in [1.54, 1.807) is 12.1 Å². The molecule has 0 radical (unpaired) electrons. The van der Waals surface area contributed by atoms with Crippen molar-refractivity contribution in [2.24, 2.45) is 11.7 Å². The minimum absolute atomic E-state index is 0.111. The maximum atomic E-state index is 12.9. The van der Waals surface area contributed by atoms with Gasteiger partial charge in [0.2, 0.25) is 11.8 Å². The minimum atomic E-state index is -0.939. The number of piperidine rings is 1. The monoisotopic (exact) mass is 356 g/mol. The summed E-state index contributed by atoms with van der Waals surface area (Å²) in [6, 6.07) is 4.55. The molecule has 4 amide bonds. The van der Waals surface area contributed by atoms with Gasteiger partial charge in [0, 0.05) is 19.0 Å². The molecule has 8 heteroatoms. The van der Waals surface area contributed by atoms with Crippen LogP contribution in [-0.4, -0.2) is 47.2 Å². The van der Waals surface area contributed by atoms with E-state index in [1.165, 1.54) is 0 Å². The summed E-state index contributed by atoms with van der Waals surface area (Å²) in [4.78, 5) is 50.1. The lowest BCUT2D eigenvalue weighted by molar-refractivity contribution is -0.136. The number of nitrogens with one attached hydrogen (secondary N) is 2. The smallest absolute Gasteiger partial charge is 0.262 e. The molecule has 3 atom stereocenters. The van der Waals surface area contributed by atoms with E-state index < -0.39 is 23.8 Å². The second-order valence-corrected chi connectivity index (χ2v) is 7.01. The van der Waals surface area contributed by atoms with E-state index in [9.17, 15) is 19.2 Å². The van der Waals surface area contributed by atoms with E-state index in [4.69, 9.17) is 5.73 Å². The molecule has 1 aromatic rings. The number of nitrogens with two attached hydrogens (primary N) is 1. The Bertz CT molecular complexity index is 821. The molecule has 1 aliphatic carbocycles. The molecule has 2 fully saturated rings. The number of hydrogen-bond acceptors (Lipinski definition) is 6. The van der Waals surface area contributed by atoms with Gasteiger partial charge in [0.1, 0.15) is 6.04 Å². The highest BCUT2D eigenvalue weighted by Crippen LogP contribution is 2.32. The highest BCUT2D eigenvalue weighted by Gasteiger charge is 2.45. The molecule has 3 aliphatic rings. The van der Waals surface area contributed by atoms with E-state index in [2.05, 4.69) is 10.6 Å². The molecule has 0 aromatic heterocycles. The van der Waals surface area contributed by atoms with E-state index in [0.29, 0.717) is 36.2 Å². The van der Waals surface area contributed by atoms with Crippen LogP contribution < -0.4 is 16.4 Å². The van der Waals surface area contributed by atoms with Crippen LogP contribution in [-0.2, 0) is 16.1 Å². The number of hydrogen-bond donors (Lipinski definition) is 3. The van der Waals surface area contributed by atoms with Crippen LogP contribution in [0.1, 0.15) is 45.5 Å². The lowest BCUT2D eigenvalue weighted by Gasteiger charge is -2.27. The zero-order valence-corrected chi connectivity index (χ0v) is 14.2. The standard InChI is InChI=1S/C18H20N4O4/c19-7-10-6-12(10)20-8-9-2-1-3-11-15(9)18(26)22(17(11)25)13-4-5-14(23)21-16(13)24/h1-3,10,12-13,20H,4-8,19H2,(H,21,23,24). The van der Waals surface area contributed by atoms with Crippen LogP contribution in [0.5, 0.6) is 0 Å². The molecule has 2 heterocycles. The number of fused-ring (bicyclic) bond motifs is 1. The Labute approximate surface area is 150 Å². The SMILES string of the molecule is NCC1CC1NCc1cccc2c1C(=O)N(C1CCC(=O)NC1=O)C2=O. The van der Waals surface area contributed by atoms with Gasteiger partial charge in [0.15, 0.2) is 0 Å². The minimum Gasteiger partial charge on any atom is -0.330 e. The van der Waals surface area contributed by atoms with Crippen molar-refractivity contribution >= 4 is 23.6 Å². The fourth-order valence-corrected chi connectivity index (χ4v) is 3.73. The quantitative estimate of drug-likeness (QED) is 0.613. The highest BCUT2D eigenvalue weighted by atomic mass is 16.2. The van der Waals surface area contributed by atoms with Gasteiger partial charge in [-0.1, -0.05) is 12.1 Å².